The van der Waals surface area contributed by atoms with Gasteiger partial charge in [-0.05, 0) is 37.1 Å². The molecule has 0 radical (unpaired) electrons. The summed E-state index contributed by atoms with van der Waals surface area (Å²) in [6, 6.07) is 6.64. The smallest absolute Gasteiger partial charge is 0.175 e. The minimum absolute atomic E-state index is 0.222. The van der Waals surface area contributed by atoms with Gasteiger partial charge in [0, 0.05) is 23.9 Å². The second-order valence-corrected chi connectivity index (χ2v) is 7.71. The summed E-state index contributed by atoms with van der Waals surface area (Å²) in [5, 5.41) is 15.0. The van der Waals surface area contributed by atoms with Crippen LogP contribution in [0.25, 0.3) is 0 Å². The highest BCUT2D eigenvalue weighted by Crippen LogP contribution is 2.22. The fourth-order valence-electron chi connectivity index (χ4n) is 1.85. The van der Waals surface area contributed by atoms with Gasteiger partial charge in [-0.3, -0.25) is 0 Å². The van der Waals surface area contributed by atoms with E-state index in [1.165, 1.54) is 6.26 Å². The average molecular weight is 313 g/mol. The molecule has 0 saturated carbocycles. The van der Waals surface area contributed by atoms with E-state index in [0.717, 1.165) is 25.1 Å². The highest BCUT2D eigenvalue weighted by Gasteiger charge is 2.22. The highest BCUT2D eigenvalue weighted by molar-refractivity contribution is 7.90. The molecule has 0 aliphatic carbocycles. The number of anilines is 1. The molecule has 1 aromatic carbocycles. The zero-order chi connectivity index (χ0) is 16.1. The summed E-state index contributed by atoms with van der Waals surface area (Å²) < 4.78 is 22.7. The Bertz CT molecular complexity index is 592. The molecule has 1 rings (SSSR count). The zero-order valence-corrected chi connectivity index (χ0v) is 13.4. The van der Waals surface area contributed by atoms with Crippen molar-refractivity contribution in [1.29, 1.82) is 0 Å². The van der Waals surface area contributed by atoms with Crippen molar-refractivity contribution in [2.45, 2.75) is 31.6 Å². The van der Waals surface area contributed by atoms with Crippen LogP contribution in [0, 0.1) is 5.41 Å². The van der Waals surface area contributed by atoms with Gasteiger partial charge in [0.25, 0.3) is 0 Å². The van der Waals surface area contributed by atoms with Gasteiger partial charge >= 0.3 is 0 Å². The molecule has 6 nitrogen and oxygen atoms in total. The van der Waals surface area contributed by atoms with Gasteiger partial charge in [0.15, 0.2) is 9.84 Å². The van der Waals surface area contributed by atoms with E-state index in [9.17, 15) is 8.42 Å². The fraction of sp³-hybridized carbons (Fsp3) is 0.500. The number of rotatable bonds is 7. The number of benzene rings is 1. The maximum Gasteiger partial charge on any atom is 0.175 e. The number of hydrogen-bond acceptors (Lipinski definition) is 5. The summed E-state index contributed by atoms with van der Waals surface area (Å²) in [5.41, 5.74) is 6.14. The fourth-order valence-corrected chi connectivity index (χ4v) is 2.48. The summed E-state index contributed by atoms with van der Waals surface area (Å²) in [5.74, 6) is 0.222. The van der Waals surface area contributed by atoms with Crippen molar-refractivity contribution >= 4 is 21.4 Å². The molecule has 0 bridgehead atoms. The van der Waals surface area contributed by atoms with Crippen molar-refractivity contribution in [3.05, 3.63) is 24.3 Å². The van der Waals surface area contributed by atoms with E-state index in [1.54, 1.807) is 24.3 Å². The molecule has 0 atom stereocenters. The zero-order valence-electron chi connectivity index (χ0n) is 12.6. The van der Waals surface area contributed by atoms with Crippen LogP contribution >= 0.6 is 0 Å². The number of oxime groups is 1. The Morgan fingerprint density at radius 1 is 1.33 bits per heavy atom. The molecule has 0 spiro atoms. The van der Waals surface area contributed by atoms with Gasteiger partial charge in [0.1, 0.15) is 5.84 Å². The molecule has 4 N–H and O–H groups in total. The minimum Gasteiger partial charge on any atom is -0.409 e. The first-order valence-corrected chi connectivity index (χ1v) is 8.58. The quantitative estimate of drug-likeness (QED) is 0.235. The molecule has 7 heteroatoms. The summed E-state index contributed by atoms with van der Waals surface area (Å²) >= 11 is 0. The van der Waals surface area contributed by atoms with Crippen molar-refractivity contribution in [3.8, 4) is 0 Å². The van der Waals surface area contributed by atoms with Crippen LogP contribution in [0.2, 0.25) is 0 Å². The molecule has 21 heavy (non-hydrogen) atoms. The Kier molecular flexibility index (Phi) is 5.60. The SMILES string of the molecule is CC(C)(CCCNc1ccc(S(C)(=O)=O)cc1)C(N)=NO. The molecule has 0 aliphatic heterocycles. The van der Waals surface area contributed by atoms with Crippen LogP contribution < -0.4 is 11.1 Å². The average Bonchev–Trinajstić information content (AvgIpc) is 2.42. The van der Waals surface area contributed by atoms with Crippen LogP contribution in [0.1, 0.15) is 26.7 Å². The monoisotopic (exact) mass is 313 g/mol. The number of hydrogen-bond donors (Lipinski definition) is 3. The van der Waals surface area contributed by atoms with Crippen LogP contribution in [-0.4, -0.2) is 32.3 Å². The van der Waals surface area contributed by atoms with Gasteiger partial charge in [-0.15, -0.1) is 0 Å². The Morgan fingerprint density at radius 2 is 1.90 bits per heavy atom. The number of nitrogens with one attached hydrogen (secondary N) is 1. The van der Waals surface area contributed by atoms with Gasteiger partial charge in [-0.25, -0.2) is 8.42 Å². The lowest BCUT2D eigenvalue weighted by atomic mass is 9.86. The molecular formula is C14H23N3O3S. The van der Waals surface area contributed by atoms with Crippen molar-refractivity contribution in [2.75, 3.05) is 18.1 Å². The lowest BCUT2D eigenvalue weighted by Gasteiger charge is -2.22. The third kappa shape index (κ3) is 5.26. The van der Waals surface area contributed by atoms with E-state index < -0.39 is 9.84 Å². The number of nitrogens with zero attached hydrogens (tertiary/aromatic N) is 1. The molecule has 0 aliphatic rings. The summed E-state index contributed by atoms with van der Waals surface area (Å²) in [6.07, 6.45) is 2.80. The molecule has 118 valence electrons. The maximum absolute atomic E-state index is 11.3. The Balaban J connectivity index is 2.47. The standard InChI is InChI=1S/C14H23N3O3S/c1-14(2,13(15)17-18)9-4-10-16-11-5-7-12(8-6-11)21(3,19)20/h5-8,16,18H,4,9-10H2,1-3H3,(H2,15,17). The van der Waals surface area contributed by atoms with Gasteiger partial charge in [-0.2, -0.15) is 0 Å². The van der Waals surface area contributed by atoms with Crippen LogP contribution in [0.5, 0.6) is 0 Å². The van der Waals surface area contributed by atoms with E-state index in [2.05, 4.69) is 10.5 Å². The van der Waals surface area contributed by atoms with Gasteiger partial charge in [0.2, 0.25) is 0 Å². The van der Waals surface area contributed by atoms with Gasteiger partial charge < -0.3 is 16.3 Å². The topological polar surface area (TPSA) is 105 Å². The molecule has 0 unspecified atom stereocenters. The normalized spacial score (nSPS) is 13.2. The molecule has 1 aromatic rings. The molecule has 0 saturated heterocycles. The third-order valence-electron chi connectivity index (χ3n) is 3.39. The highest BCUT2D eigenvalue weighted by atomic mass is 32.2. The minimum atomic E-state index is -3.16. The molecule has 0 amide bonds. The van der Waals surface area contributed by atoms with E-state index in [4.69, 9.17) is 10.9 Å². The predicted molar refractivity (Wildman–Crippen MR) is 84.5 cm³/mol. The third-order valence-corrected chi connectivity index (χ3v) is 4.52. The molecule has 0 aromatic heterocycles. The largest absolute Gasteiger partial charge is 0.409 e. The number of sulfone groups is 1. The lowest BCUT2D eigenvalue weighted by Crippen LogP contribution is -2.32. The van der Waals surface area contributed by atoms with Crippen molar-refractivity contribution in [2.24, 2.45) is 16.3 Å². The second kappa shape index (κ2) is 6.80. The van der Waals surface area contributed by atoms with E-state index in [1.807, 2.05) is 13.8 Å². The van der Waals surface area contributed by atoms with E-state index >= 15 is 0 Å². The first kappa shape index (κ1) is 17.3. The summed E-state index contributed by atoms with van der Waals surface area (Å²) in [7, 11) is -3.16. The van der Waals surface area contributed by atoms with Crippen LogP contribution in [0.4, 0.5) is 5.69 Å². The molecular weight excluding hydrogens is 290 g/mol. The first-order valence-electron chi connectivity index (χ1n) is 6.69. The van der Waals surface area contributed by atoms with Crippen molar-refractivity contribution < 1.29 is 13.6 Å². The van der Waals surface area contributed by atoms with Gasteiger partial charge in [0.05, 0.1) is 4.90 Å². The Labute approximate surface area is 126 Å². The van der Waals surface area contributed by atoms with E-state index in [0.29, 0.717) is 4.90 Å². The Hall–Kier alpha value is -1.76. The predicted octanol–water partition coefficient (Wildman–Crippen LogP) is 2.05. The van der Waals surface area contributed by atoms with Crippen LogP contribution in [-0.2, 0) is 9.84 Å². The molecule has 0 heterocycles. The second-order valence-electron chi connectivity index (χ2n) is 5.70. The van der Waals surface area contributed by atoms with Crippen molar-refractivity contribution in [3.63, 3.8) is 0 Å². The lowest BCUT2D eigenvalue weighted by molar-refractivity contribution is 0.305. The van der Waals surface area contributed by atoms with E-state index in [-0.39, 0.29) is 11.3 Å². The summed E-state index contributed by atoms with van der Waals surface area (Å²) in [4.78, 5) is 0.307. The van der Waals surface area contributed by atoms with Gasteiger partial charge in [-0.1, -0.05) is 19.0 Å². The Morgan fingerprint density at radius 3 is 2.38 bits per heavy atom. The number of nitrogens with two attached hydrogens (primary N) is 1. The summed E-state index contributed by atoms with van der Waals surface area (Å²) in [6.45, 7) is 4.56. The van der Waals surface area contributed by atoms with Crippen LogP contribution in [0.15, 0.2) is 34.3 Å². The van der Waals surface area contributed by atoms with Crippen LogP contribution in [0.3, 0.4) is 0 Å². The first-order chi connectivity index (χ1) is 9.66. The van der Waals surface area contributed by atoms with Crippen molar-refractivity contribution in [1.82, 2.24) is 0 Å². The molecule has 0 fully saturated rings. The number of amidine groups is 1. The maximum atomic E-state index is 11.3.